The van der Waals surface area contributed by atoms with Gasteiger partial charge >= 0.3 is 0 Å². The largest absolute Gasteiger partial charge is 0.496 e. The third-order valence-corrected chi connectivity index (χ3v) is 8.07. The van der Waals surface area contributed by atoms with Gasteiger partial charge in [0.25, 0.3) is 0 Å². The van der Waals surface area contributed by atoms with E-state index in [9.17, 15) is 13.2 Å². The third kappa shape index (κ3) is 5.51. The summed E-state index contributed by atoms with van der Waals surface area (Å²) in [6.07, 6.45) is 9.60. The molecular formula is C22H34N2O4S. The van der Waals surface area contributed by atoms with Crippen LogP contribution in [-0.4, -0.2) is 44.9 Å². The van der Waals surface area contributed by atoms with Gasteiger partial charge in [-0.25, -0.2) is 8.42 Å². The van der Waals surface area contributed by atoms with Crippen LogP contribution in [0.5, 0.6) is 5.75 Å². The molecule has 0 radical (unpaired) electrons. The van der Waals surface area contributed by atoms with Crippen molar-refractivity contribution in [2.45, 2.75) is 75.6 Å². The van der Waals surface area contributed by atoms with E-state index in [-0.39, 0.29) is 29.3 Å². The smallest absolute Gasteiger partial charge is 0.243 e. The molecule has 1 atom stereocenters. The van der Waals surface area contributed by atoms with Crippen LogP contribution in [-0.2, 0) is 14.8 Å². The van der Waals surface area contributed by atoms with Crippen LogP contribution in [0.15, 0.2) is 23.1 Å². The number of sulfonamides is 1. The van der Waals surface area contributed by atoms with E-state index >= 15 is 0 Å². The molecule has 1 aromatic rings. The van der Waals surface area contributed by atoms with Crippen molar-refractivity contribution in [3.05, 3.63) is 23.8 Å². The predicted octanol–water partition coefficient (Wildman–Crippen LogP) is 3.63. The quantitative estimate of drug-likeness (QED) is 0.786. The van der Waals surface area contributed by atoms with Crippen molar-refractivity contribution < 1.29 is 17.9 Å². The molecule has 1 saturated heterocycles. The fourth-order valence-electron chi connectivity index (χ4n) is 4.45. The van der Waals surface area contributed by atoms with Crippen LogP contribution in [0.2, 0.25) is 0 Å². The van der Waals surface area contributed by atoms with Gasteiger partial charge in [0, 0.05) is 19.1 Å². The van der Waals surface area contributed by atoms with Gasteiger partial charge < -0.3 is 10.1 Å². The molecule has 29 heavy (non-hydrogen) atoms. The van der Waals surface area contributed by atoms with Gasteiger partial charge in [-0.15, -0.1) is 0 Å². The van der Waals surface area contributed by atoms with E-state index in [2.05, 4.69) is 5.32 Å². The average Bonchev–Trinajstić information content (AvgIpc) is 2.69. The van der Waals surface area contributed by atoms with Crippen molar-refractivity contribution in [2.24, 2.45) is 5.92 Å². The molecule has 0 bridgehead atoms. The molecule has 1 heterocycles. The summed E-state index contributed by atoms with van der Waals surface area (Å²) in [6.45, 7) is 2.55. The molecule has 1 saturated carbocycles. The lowest BCUT2D eigenvalue weighted by atomic mass is 9.94. The zero-order valence-electron chi connectivity index (χ0n) is 17.7. The van der Waals surface area contributed by atoms with Crippen LogP contribution in [0.1, 0.15) is 63.4 Å². The first-order valence-electron chi connectivity index (χ1n) is 10.9. The molecule has 162 valence electrons. The molecule has 1 N–H and O–H groups in total. The summed E-state index contributed by atoms with van der Waals surface area (Å²) >= 11 is 0. The number of ether oxygens (including phenoxy) is 1. The van der Waals surface area contributed by atoms with E-state index in [1.54, 1.807) is 25.3 Å². The van der Waals surface area contributed by atoms with Gasteiger partial charge in [-0.05, 0) is 56.4 Å². The minimum atomic E-state index is -3.62. The molecule has 1 amide bonds. The number of amides is 1. The second kappa shape index (κ2) is 9.94. The second-order valence-corrected chi connectivity index (χ2v) is 10.3. The Bertz CT molecular complexity index is 801. The number of nitrogens with zero attached hydrogens (tertiary/aromatic N) is 1. The number of methoxy groups -OCH3 is 1. The minimum absolute atomic E-state index is 0.0152. The summed E-state index contributed by atoms with van der Waals surface area (Å²) in [5.41, 5.74) is 0.782. The monoisotopic (exact) mass is 422 g/mol. The fourth-order valence-corrected chi connectivity index (χ4v) is 6.06. The van der Waals surface area contributed by atoms with E-state index in [0.717, 1.165) is 37.7 Å². The molecule has 1 aliphatic heterocycles. The molecule has 0 spiro atoms. The topological polar surface area (TPSA) is 75.7 Å². The first kappa shape index (κ1) is 22.1. The number of carbonyl (C=O) groups excluding carboxylic acids is 1. The highest BCUT2D eigenvalue weighted by molar-refractivity contribution is 7.89. The van der Waals surface area contributed by atoms with Gasteiger partial charge in [0.2, 0.25) is 15.9 Å². The van der Waals surface area contributed by atoms with E-state index in [4.69, 9.17) is 4.74 Å². The number of piperidine rings is 1. The van der Waals surface area contributed by atoms with Crippen molar-refractivity contribution in [1.29, 1.82) is 0 Å². The maximum Gasteiger partial charge on any atom is 0.243 e. The molecule has 6 nitrogen and oxygen atoms in total. The molecular weight excluding hydrogens is 388 g/mol. The standard InChI is InChI=1S/C22H34N2O4S/c1-17-15-20(12-13-21(17)28-2)29(26,27)24-14-8-9-18(16-24)22(25)23-19-10-6-4-3-5-7-11-19/h12-13,15,18-19H,3-11,14,16H2,1-2H3,(H,23,25)/t18-/m0/s1. The molecule has 0 aromatic heterocycles. The van der Waals surface area contributed by atoms with Gasteiger partial charge in [0.1, 0.15) is 5.75 Å². The van der Waals surface area contributed by atoms with Gasteiger partial charge in [-0.2, -0.15) is 4.31 Å². The average molecular weight is 423 g/mol. The minimum Gasteiger partial charge on any atom is -0.496 e. The van der Waals surface area contributed by atoms with Crippen LogP contribution in [0, 0.1) is 12.8 Å². The molecule has 7 heteroatoms. The Kier molecular flexibility index (Phi) is 7.57. The van der Waals surface area contributed by atoms with Gasteiger partial charge in [0.05, 0.1) is 17.9 Å². The number of rotatable bonds is 5. The second-order valence-electron chi connectivity index (χ2n) is 8.38. The van der Waals surface area contributed by atoms with Gasteiger partial charge in [-0.1, -0.05) is 32.1 Å². The SMILES string of the molecule is COc1ccc(S(=O)(=O)N2CCC[C@H](C(=O)NC3CCCCCCC3)C2)cc1C. The molecule has 0 unspecified atom stereocenters. The number of nitrogens with one attached hydrogen (secondary N) is 1. The number of hydrogen-bond acceptors (Lipinski definition) is 4. The summed E-state index contributed by atoms with van der Waals surface area (Å²) in [5.74, 6) is 0.406. The van der Waals surface area contributed by atoms with Gasteiger partial charge in [-0.3, -0.25) is 4.79 Å². The predicted molar refractivity (Wildman–Crippen MR) is 113 cm³/mol. The molecule has 2 fully saturated rings. The van der Waals surface area contributed by atoms with E-state index in [1.807, 2.05) is 6.92 Å². The molecule has 1 aromatic carbocycles. The highest BCUT2D eigenvalue weighted by atomic mass is 32.2. The van der Waals surface area contributed by atoms with Crippen LogP contribution in [0.25, 0.3) is 0 Å². The van der Waals surface area contributed by atoms with Crippen LogP contribution in [0.4, 0.5) is 0 Å². The Hall–Kier alpha value is -1.60. The number of aryl methyl sites for hydroxylation is 1. The Balaban J connectivity index is 1.66. The fraction of sp³-hybridized carbons (Fsp3) is 0.682. The Morgan fingerprint density at radius 3 is 2.41 bits per heavy atom. The van der Waals surface area contributed by atoms with Crippen molar-refractivity contribution in [3.8, 4) is 5.75 Å². The van der Waals surface area contributed by atoms with Crippen molar-refractivity contribution in [3.63, 3.8) is 0 Å². The van der Waals surface area contributed by atoms with Crippen LogP contribution >= 0.6 is 0 Å². The van der Waals surface area contributed by atoms with Gasteiger partial charge in [0.15, 0.2) is 0 Å². The lowest BCUT2D eigenvalue weighted by molar-refractivity contribution is -0.126. The molecule has 1 aliphatic carbocycles. The first-order chi connectivity index (χ1) is 13.9. The summed E-state index contributed by atoms with van der Waals surface area (Å²) in [6, 6.07) is 5.15. The molecule has 3 rings (SSSR count). The number of carbonyl (C=O) groups is 1. The van der Waals surface area contributed by atoms with E-state index < -0.39 is 10.0 Å². The number of hydrogen-bond donors (Lipinski definition) is 1. The van der Waals surface area contributed by atoms with Crippen LogP contribution in [0.3, 0.4) is 0 Å². The maximum atomic E-state index is 13.1. The highest BCUT2D eigenvalue weighted by Crippen LogP contribution is 2.27. The van der Waals surface area contributed by atoms with Crippen molar-refractivity contribution in [2.75, 3.05) is 20.2 Å². The summed E-state index contributed by atoms with van der Waals surface area (Å²) < 4.78 is 33.0. The Labute approximate surface area is 175 Å². The lowest BCUT2D eigenvalue weighted by Gasteiger charge is -2.32. The van der Waals surface area contributed by atoms with E-state index in [1.165, 1.54) is 23.6 Å². The Morgan fingerprint density at radius 2 is 1.76 bits per heavy atom. The van der Waals surface area contributed by atoms with Crippen molar-refractivity contribution >= 4 is 15.9 Å². The zero-order valence-corrected chi connectivity index (χ0v) is 18.5. The third-order valence-electron chi connectivity index (χ3n) is 6.21. The summed E-state index contributed by atoms with van der Waals surface area (Å²) in [7, 11) is -2.05. The summed E-state index contributed by atoms with van der Waals surface area (Å²) in [4.78, 5) is 13.1. The Morgan fingerprint density at radius 1 is 1.07 bits per heavy atom. The number of benzene rings is 1. The van der Waals surface area contributed by atoms with E-state index in [0.29, 0.717) is 18.7 Å². The lowest BCUT2D eigenvalue weighted by Crippen LogP contribution is -2.47. The van der Waals surface area contributed by atoms with Crippen molar-refractivity contribution in [1.82, 2.24) is 9.62 Å². The summed E-state index contributed by atoms with van der Waals surface area (Å²) in [5, 5.41) is 3.22. The normalized spacial score (nSPS) is 22.5. The van der Waals surface area contributed by atoms with Crippen LogP contribution < -0.4 is 10.1 Å². The zero-order chi connectivity index (χ0) is 20.9. The molecule has 2 aliphatic rings. The highest BCUT2D eigenvalue weighted by Gasteiger charge is 2.34. The first-order valence-corrected chi connectivity index (χ1v) is 12.3. The maximum absolute atomic E-state index is 13.1.